The van der Waals surface area contributed by atoms with Crippen molar-refractivity contribution < 1.29 is 17.9 Å². The maximum atomic E-state index is 11.6. The average Bonchev–Trinajstić information content (AvgIpc) is 2.09. The molecule has 0 aromatic rings. The quantitative estimate of drug-likeness (QED) is 0.664. The molecule has 90 valence electrons. The first-order chi connectivity index (χ1) is 7.24. The van der Waals surface area contributed by atoms with Crippen molar-refractivity contribution in [3.05, 3.63) is 11.8 Å². The van der Waals surface area contributed by atoms with Crippen LogP contribution in [0.4, 0.5) is 0 Å². The van der Waals surface area contributed by atoms with Crippen LogP contribution < -0.4 is 0 Å². The zero-order chi connectivity index (χ0) is 12.5. The summed E-state index contributed by atoms with van der Waals surface area (Å²) in [6.45, 7) is 4.89. The predicted octanol–water partition coefficient (Wildman–Crippen LogP) is 0.473. The Bertz CT molecular complexity index is 462. The van der Waals surface area contributed by atoms with Gasteiger partial charge in [0.25, 0.3) is 0 Å². The molecule has 0 spiro atoms. The largest absolute Gasteiger partial charge is 0.459 e. The number of esters is 1. The van der Waals surface area contributed by atoms with E-state index in [2.05, 4.69) is 4.40 Å². The highest BCUT2D eigenvalue weighted by molar-refractivity contribution is 7.88. The Kier molecular flexibility index (Phi) is 3.37. The van der Waals surface area contributed by atoms with Crippen molar-refractivity contribution in [2.75, 3.05) is 7.05 Å². The van der Waals surface area contributed by atoms with Crippen LogP contribution in [0.5, 0.6) is 0 Å². The molecule has 0 atom stereocenters. The molecular weight excluding hydrogens is 232 g/mol. The smallest absolute Gasteiger partial charge is 0.344 e. The van der Waals surface area contributed by atoms with Crippen molar-refractivity contribution in [2.24, 2.45) is 4.40 Å². The minimum Gasteiger partial charge on any atom is -0.459 e. The summed E-state index contributed by atoms with van der Waals surface area (Å²) in [4.78, 5) is 11.6. The van der Waals surface area contributed by atoms with E-state index in [1.165, 1.54) is 20.2 Å². The highest BCUT2D eigenvalue weighted by Crippen LogP contribution is 2.15. The third-order valence-corrected chi connectivity index (χ3v) is 3.22. The van der Waals surface area contributed by atoms with E-state index in [1.807, 2.05) is 0 Å². The Labute approximate surface area is 94.8 Å². The zero-order valence-corrected chi connectivity index (χ0v) is 10.4. The van der Waals surface area contributed by atoms with Crippen LogP contribution in [0.15, 0.2) is 16.2 Å². The van der Waals surface area contributed by atoms with Gasteiger partial charge in [-0.25, -0.2) is 4.79 Å². The summed E-state index contributed by atoms with van der Waals surface area (Å²) in [5, 5.41) is 0. The van der Waals surface area contributed by atoms with E-state index in [9.17, 15) is 13.2 Å². The van der Waals surface area contributed by atoms with Gasteiger partial charge in [-0.15, -0.1) is 4.40 Å². The van der Waals surface area contributed by atoms with Gasteiger partial charge in [-0.05, 0) is 20.8 Å². The first kappa shape index (κ1) is 12.7. The predicted molar refractivity (Wildman–Crippen MR) is 59.1 cm³/mol. The molecule has 0 aromatic carbocycles. The molecule has 0 saturated heterocycles. The molecule has 0 aliphatic carbocycles. The molecule has 0 amide bonds. The van der Waals surface area contributed by atoms with Crippen LogP contribution in [0, 0.1) is 0 Å². The Morgan fingerprint density at radius 2 is 2.06 bits per heavy atom. The SMILES string of the molecule is CC1=NS(=O)(=O)N(C)C=C1C(=O)OC(C)C. The standard InChI is InChI=1S/C9H14N2O4S/c1-6(2)15-9(12)8-5-11(4)16(13,14)10-7(8)3/h5-6H,1-4H3. The molecule has 1 heterocycles. The van der Waals surface area contributed by atoms with Gasteiger partial charge in [-0.3, -0.25) is 4.31 Å². The van der Waals surface area contributed by atoms with Crippen LogP contribution in [-0.4, -0.2) is 37.6 Å². The maximum Gasteiger partial charge on any atom is 0.344 e. The number of nitrogens with zero attached hydrogens (tertiary/aromatic N) is 2. The van der Waals surface area contributed by atoms with Crippen molar-refractivity contribution >= 4 is 21.9 Å². The van der Waals surface area contributed by atoms with E-state index >= 15 is 0 Å². The minimum atomic E-state index is -3.67. The van der Waals surface area contributed by atoms with Gasteiger partial charge in [0.1, 0.15) is 0 Å². The maximum absolute atomic E-state index is 11.6. The number of carbonyl (C=O) groups is 1. The third-order valence-electron chi connectivity index (χ3n) is 1.88. The van der Waals surface area contributed by atoms with Gasteiger partial charge < -0.3 is 4.74 Å². The molecule has 1 aliphatic rings. The van der Waals surface area contributed by atoms with Crippen LogP contribution >= 0.6 is 0 Å². The summed E-state index contributed by atoms with van der Waals surface area (Å²) >= 11 is 0. The van der Waals surface area contributed by atoms with Gasteiger partial charge in [-0.2, -0.15) is 8.42 Å². The minimum absolute atomic E-state index is 0.142. The molecule has 1 rings (SSSR count). The van der Waals surface area contributed by atoms with E-state index in [4.69, 9.17) is 4.74 Å². The fourth-order valence-corrected chi connectivity index (χ4v) is 1.92. The third kappa shape index (κ3) is 2.60. The van der Waals surface area contributed by atoms with Gasteiger partial charge in [0.05, 0.1) is 17.4 Å². The van der Waals surface area contributed by atoms with Gasteiger partial charge in [0.2, 0.25) is 0 Å². The molecule has 1 aliphatic heterocycles. The molecule has 0 radical (unpaired) electrons. The van der Waals surface area contributed by atoms with E-state index in [0.717, 1.165) is 4.31 Å². The topological polar surface area (TPSA) is 76.0 Å². The van der Waals surface area contributed by atoms with E-state index in [1.54, 1.807) is 13.8 Å². The molecule has 0 unspecified atom stereocenters. The second kappa shape index (κ2) is 4.25. The normalized spacial score (nSPS) is 19.2. The lowest BCUT2D eigenvalue weighted by Crippen LogP contribution is -2.29. The Balaban J connectivity index is 3.01. The van der Waals surface area contributed by atoms with Crippen LogP contribution in [-0.2, 0) is 19.7 Å². The number of hydrogen-bond acceptors (Lipinski definition) is 4. The number of hydrogen-bond donors (Lipinski definition) is 0. The zero-order valence-electron chi connectivity index (χ0n) is 9.59. The van der Waals surface area contributed by atoms with Gasteiger partial charge >= 0.3 is 16.2 Å². The highest BCUT2D eigenvalue weighted by Gasteiger charge is 2.26. The lowest BCUT2D eigenvalue weighted by Gasteiger charge is -2.19. The Hall–Kier alpha value is -1.37. The Morgan fingerprint density at radius 1 is 1.50 bits per heavy atom. The van der Waals surface area contributed by atoms with Crippen LogP contribution in [0.1, 0.15) is 20.8 Å². The van der Waals surface area contributed by atoms with E-state index in [-0.39, 0.29) is 17.4 Å². The van der Waals surface area contributed by atoms with Crippen LogP contribution in [0.2, 0.25) is 0 Å². The van der Waals surface area contributed by atoms with E-state index < -0.39 is 16.2 Å². The summed E-state index contributed by atoms with van der Waals surface area (Å²) in [6, 6.07) is 0. The molecule has 0 fully saturated rings. The van der Waals surface area contributed by atoms with Crippen molar-refractivity contribution in [3.8, 4) is 0 Å². The molecule has 0 aromatic heterocycles. The first-order valence-corrected chi connectivity index (χ1v) is 6.11. The molecule has 0 saturated carbocycles. The number of rotatable bonds is 2. The molecule has 7 heteroatoms. The summed E-state index contributed by atoms with van der Waals surface area (Å²) in [7, 11) is -2.36. The molecule has 16 heavy (non-hydrogen) atoms. The van der Waals surface area contributed by atoms with Crippen LogP contribution in [0.25, 0.3) is 0 Å². The van der Waals surface area contributed by atoms with Gasteiger partial charge in [-0.1, -0.05) is 0 Å². The summed E-state index contributed by atoms with van der Waals surface area (Å²) in [5.41, 5.74) is 0.301. The summed E-state index contributed by atoms with van der Waals surface area (Å²) < 4.78 is 32.0. The van der Waals surface area contributed by atoms with Crippen molar-refractivity contribution in [2.45, 2.75) is 26.9 Å². The lowest BCUT2D eigenvalue weighted by atomic mass is 10.2. The van der Waals surface area contributed by atoms with Crippen molar-refractivity contribution in [1.82, 2.24) is 4.31 Å². The summed E-state index contributed by atoms with van der Waals surface area (Å²) in [6.07, 6.45) is 0.951. The molecule has 0 N–H and O–H groups in total. The monoisotopic (exact) mass is 246 g/mol. The lowest BCUT2D eigenvalue weighted by molar-refractivity contribution is -0.142. The molecule has 0 bridgehead atoms. The van der Waals surface area contributed by atoms with Crippen LogP contribution in [0.3, 0.4) is 0 Å². The molecular formula is C9H14N2O4S. The molecule has 6 nitrogen and oxygen atoms in total. The fourth-order valence-electron chi connectivity index (χ4n) is 1.11. The van der Waals surface area contributed by atoms with E-state index in [0.29, 0.717) is 0 Å². The second-order valence-electron chi connectivity index (χ2n) is 3.67. The van der Waals surface area contributed by atoms with Crippen molar-refractivity contribution in [1.29, 1.82) is 0 Å². The van der Waals surface area contributed by atoms with Gasteiger partial charge in [0.15, 0.2) is 0 Å². The highest BCUT2D eigenvalue weighted by atomic mass is 32.2. The first-order valence-electron chi connectivity index (χ1n) is 4.71. The van der Waals surface area contributed by atoms with Crippen molar-refractivity contribution in [3.63, 3.8) is 0 Å². The van der Waals surface area contributed by atoms with Gasteiger partial charge in [0, 0.05) is 13.2 Å². The Morgan fingerprint density at radius 3 is 2.56 bits per heavy atom. The number of carbonyl (C=O) groups excluding carboxylic acids is 1. The average molecular weight is 246 g/mol. The second-order valence-corrected chi connectivity index (χ2v) is 5.32. The summed E-state index contributed by atoms with van der Waals surface area (Å²) in [5.74, 6) is -0.571. The number of ether oxygens (including phenoxy) is 1. The fraction of sp³-hybridized carbons (Fsp3) is 0.556.